The Morgan fingerprint density at radius 1 is 1.05 bits per heavy atom. The van der Waals surface area contributed by atoms with Crippen LogP contribution in [0.2, 0.25) is 0 Å². The molecule has 1 aromatic carbocycles. The second-order valence-electron chi connectivity index (χ2n) is 5.94. The van der Waals surface area contributed by atoms with Crippen molar-refractivity contribution in [1.82, 2.24) is 0 Å². The number of rotatable bonds is 3. The van der Waals surface area contributed by atoms with Crippen LogP contribution in [0.25, 0.3) is 0 Å². The molecule has 3 rings (SSSR count). The van der Waals surface area contributed by atoms with E-state index in [-0.39, 0.29) is 17.9 Å². The Labute approximate surface area is 133 Å². The molecule has 2 amide bonds. The van der Waals surface area contributed by atoms with E-state index in [1.807, 2.05) is 24.3 Å². The number of halogens is 1. The van der Waals surface area contributed by atoms with Crippen LogP contribution in [0.4, 0.5) is 5.69 Å². The highest BCUT2D eigenvalue weighted by Gasteiger charge is 2.43. The Kier molecular flexibility index (Phi) is 4.40. The molecule has 112 valence electrons. The zero-order valence-corrected chi connectivity index (χ0v) is 13.5. The summed E-state index contributed by atoms with van der Waals surface area (Å²) >= 11 is 3.37. The van der Waals surface area contributed by atoms with Crippen LogP contribution < -0.4 is 10.2 Å². The van der Waals surface area contributed by atoms with E-state index in [0.29, 0.717) is 18.2 Å². The summed E-state index contributed by atoms with van der Waals surface area (Å²) in [6.07, 6.45) is 6.43. The Morgan fingerprint density at radius 2 is 1.71 bits per heavy atom. The van der Waals surface area contributed by atoms with Crippen molar-refractivity contribution in [2.45, 2.75) is 50.6 Å². The molecule has 0 radical (unpaired) electrons. The van der Waals surface area contributed by atoms with Gasteiger partial charge in [0.1, 0.15) is 0 Å². The number of hydrogen-bond donors (Lipinski definition) is 1. The maximum atomic E-state index is 12.5. The zero-order chi connectivity index (χ0) is 14.8. The van der Waals surface area contributed by atoms with Gasteiger partial charge in [-0.25, -0.2) is 4.90 Å². The summed E-state index contributed by atoms with van der Waals surface area (Å²) in [4.78, 5) is 26.1. The highest BCUT2D eigenvalue weighted by Crippen LogP contribution is 2.24. The Hall–Kier alpha value is -1.20. The number of anilines is 1. The minimum atomic E-state index is -0.232. The lowest BCUT2D eigenvalue weighted by Crippen LogP contribution is -2.96. The number of imide groups is 1. The van der Waals surface area contributed by atoms with Crippen LogP contribution in [0, 0.1) is 0 Å². The van der Waals surface area contributed by atoms with Crippen molar-refractivity contribution < 1.29 is 14.9 Å². The van der Waals surface area contributed by atoms with Gasteiger partial charge in [0.2, 0.25) is 5.91 Å². The van der Waals surface area contributed by atoms with Crippen molar-refractivity contribution >= 4 is 33.4 Å². The van der Waals surface area contributed by atoms with Gasteiger partial charge in [-0.1, -0.05) is 22.4 Å². The van der Waals surface area contributed by atoms with Gasteiger partial charge in [-0.3, -0.25) is 9.59 Å². The molecule has 5 heteroatoms. The lowest BCUT2D eigenvalue weighted by Gasteiger charge is -2.22. The van der Waals surface area contributed by atoms with Crippen LogP contribution in [-0.2, 0) is 9.59 Å². The van der Waals surface area contributed by atoms with Crippen molar-refractivity contribution in [1.29, 1.82) is 0 Å². The number of carbonyl (C=O) groups is 2. The van der Waals surface area contributed by atoms with Crippen molar-refractivity contribution in [3.8, 4) is 0 Å². The minimum absolute atomic E-state index is 0.0621. The second kappa shape index (κ2) is 6.28. The van der Waals surface area contributed by atoms with Gasteiger partial charge in [0.05, 0.1) is 18.2 Å². The maximum absolute atomic E-state index is 12.5. The fourth-order valence-corrected chi connectivity index (χ4v) is 3.59. The number of quaternary nitrogens is 1. The highest BCUT2D eigenvalue weighted by molar-refractivity contribution is 9.10. The summed E-state index contributed by atoms with van der Waals surface area (Å²) in [6.45, 7) is 0. The van der Waals surface area contributed by atoms with E-state index in [1.54, 1.807) is 0 Å². The van der Waals surface area contributed by atoms with Gasteiger partial charge in [0, 0.05) is 4.47 Å². The summed E-state index contributed by atoms with van der Waals surface area (Å²) in [5.41, 5.74) is 0.674. The van der Waals surface area contributed by atoms with Gasteiger partial charge in [0.15, 0.2) is 6.04 Å². The van der Waals surface area contributed by atoms with Crippen molar-refractivity contribution in [3.63, 3.8) is 0 Å². The van der Waals surface area contributed by atoms with Crippen molar-refractivity contribution in [3.05, 3.63) is 28.7 Å². The topological polar surface area (TPSA) is 54.0 Å². The normalized spacial score (nSPS) is 23.9. The first kappa shape index (κ1) is 14.7. The van der Waals surface area contributed by atoms with Gasteiger partial charge in [0.25, 0.3) is 5.91 Å². The molecule has 0 bridgehead atoms. The fraction of sp³-hybridized carbons (Fsp3) is 0.500. The molecule has 1 atom stereocenters. The van der Waals surface area contributed by atoms with E-state index in [4.69, 9.17) is 0 Å². The molecule has 1 heterocycles. The summed E-state index contributed by atoms with van der Waals surface area (Å²) in [5, 5.41) is 2.14. The SMILES string of the molecule is O=C1C[C@H]([NH2+]C2CCCCC2)C(=O)N1c1ccc(Br)cc1. The highest BCUT2D eigenvalue weighted by atomic mass is 79.9. The van der Waals surface area contributed by atoms with E-state index in [2.05, 4.69) is 21.2 Å². The van der Waals surface area contributed by atoms with Crippen molar-refractivity contribution in [2.24, 2.45) is 0 Å². The molecule has 1 saturated heterocycles. The number of amides is 2. The number of nitrogens with two attached hydrogens (primary N) is 1. The van der Waals surface area contributed by atoms with Crippen LogP contribution in [-0.4, -0.2) is 23.9 Å². The molecule has 0 spiro atoms. The van der Waals surface area contributed by atoms with E-state index in [9.17, 15) is 9.59 Å². The first-order valence-electron chi connectivity index (χ1n) is 7.62. The summed E-state index contributed by atoms with van der Waals surface area (Å²) < 4.78 is 0.940. The third-order valence-corrected chi connectivity index (χ3v) is 4.95. The molecule has 1 aromatic rings. The molecule has 21 heavy (non-hydrogen) atoms. The van der Waals surface area contributed by atoms with Crippen LogP contribution in [0.5, 0.6) is 0 Å². The lowest BCUT2D eigenvalue weighted by molar-refractivity contribution is -0.710. The van der Waals surface area contributed by atoms with E-state index in [1.165, 1.54) is 24.2 Å². The molecule has 0 unspecified atom stereocenters. The van der Waals surface area contributed by atoms with Gasteiger partial charge in [-0.05, 0) is 49.9 Å². The first-order chi connectivity index (χ1) is 10.1. The fourth-order valence-electron chi connectivity index (χ4n) is 3.32. The largest absolute Gasteiger partial charge is 0.333 e. The molecule has 0 aromatic heterocycles. The Bertz CT molecular complexity index is 538. The van der Waals surface area contributed by atoms with Crippen molar-refractivity contribution in [2.75, 3.05) is 4.90 Å². The molecule has 1 aliphatic carbocycles. The van der Waals surface area contributed by atoms with E-state index >= 15 is 0 Å². The minimum Gasteiger partial charge on any atom is -0.333 e. The van der Waals surface area contributed by atoms with Crippen LogP contribution in [0.15, 0.2) is 28.7 Å². The second-order valence-corrected chi connectivity index (χ2v) is 6.86. The number of hydrogen-bond acceptors (Lipinski definition) is 2. The summed E-state index contributed by atoms with van der Waals surface area (Å²) in [6, 6.07) is 7.60. The molecule has 2 fully saturated rings. The molecule has 2 N–H and O–H groups in total. The molecule has 2 aliphatic rings. The summed E-state index contributed by atoms with van der Waals surface area (Å²) in [5.74, 6) is -0.146. The monoisotopic (exact) mass is 351 g/mol. The van der Waals surface area contributed by atoms with Gasteiger partial charge in [-0.2, -0.15) is 0 Å². The lowest BCUT2D eigenvalue weighted by atomic mass is 9.95. The molecule has 1 saturated carbocycles. The molecule has 1 aliphatic heterocycles. The van der Waals surface area contributed by atoms with E-state index in [0.717, 1.165) is 17.3 Å². The predicted molar refractivity (Wildman–Crippen MR) is 83.8 cm³/mol. The standard InChI is InChI=1S/C16H19BrN2O2/c17-11-6-8-13(9-7-11)19-15(20)10-14(16(19)21)18-12-4-2-1-3-5-12/h6-9,12,14,18H,1-5,10H2/p+1/t14-/m0/s1. The van der Waals surface area contributed by atoms with Gasteiger partial charge < -0.3 is 5.32 Å². The van der Waals surface area contributed by atoms with E-state index < -0.39 is 0 Å². The van der Waals surface area contributed by atoms with Crippen LogP contribution in [0.3, 0.4) is 0 Å². The predicted octanol–water partition coefficient (Wildman–Crippen LogP) is 1.98. The average molecular weight is 352 g/mol. The third kappa shape index (κ3) is 3.19. The van der Waals surface area contributed by atoms with Crippen LogP contribution in [0.1, 0.15) is 38.5 Å². The van der Waals surface area contributed by atoms with Gasteiger partial charge in [-0.15, -0.1) is 0 Å². The van der Waals surface area contributed by atoms with Gasteiger partial charge >= 0.3 is 0 Å². The van der Waals surface area contributed by atoms with Crippen LogP contribution >= 0.6 is 15.9 Å². The zero-order valence-electron chi connectivity index (χ0n) is 11.9. The molecule has 4 nitrogen and oxygen atoms in total. The Balaban J connectivity index is 1.71. The maximum Gasteiger partial charge on any atom is 0.292 e. The first-order valence-corrected chi connectivity index (χ1v) is 8.42. The number of carbonyl (C=O) groups excluding carboxylic acids is 2. The molecular formula is C16H20BrN2O2+. The number of nitrogens with zero attached hydrogens (tertiary/aromatic N) is 1. The third-order valence-electron chi connectivity index (χ3n) is 4.42. The Morgan fingerprint density at radius 3 is 2.38 bits per heavy atom. The number of benzene rings is 1. The quantitative estimate of drug-likeness (QED) is 0.846. The summed E-state index contributed by atoms with van der Waals surface area (Å²) in [7, 11) is 0. The average Bonchev–Trinajstić information content (AvgIpc) is 2.76. The smallest absolute Gasteiger partial charge is 0.292 e. The molecular weight excluding hydrogens is 332 g/mol.